The first kappa shape index (κ1) is 13.1. The average Bonchev–Trinajstić information content (AvgIpc) is 2.35. The Morgan fingerprint density at radius 3 is 2.62 bits per heavy atom. The van der Waals surface area contributed by atoms with Crippen LogP contribution < -0.4 is 10.6 Å². The van der Waals surface area contributed by atoms with Crippen LogP contribution in [0.4, 0.5) is 5.69 Å². The number of thioether (sulfide) groups is 1. The summed E-state index contributed by atoms with van der Waals surface area (Å²) in [6.45, 7) is 0. The van der Waals surface area contributed by atoms with Gasteiger partial charge in [0, 0.05) is 12.7 Å². The van der Waals surface area contributed by atoms with Gasteiger partial charge in [-0.3, -0.25) is 4.79 Å². The molecule has 0 aliphatic carbocycles. The van der Waals surface area contributed by atoms with Gasteiger partial charge >= 0.3 is 0 Å². The van der Waals surface area contributed by atoms with E-state index in [2.05, 4.69) is 0 Å². The third-order valence-electron chi connectivity index (χ3n) is 2.42. The Morgan fingerprint density at radius 1 is 1.44 bits per heavy atom. The molecule has 4 heteroatoms. The van der Waals surface area contributed by atoms with Crippen LogP contribution in [0.2, 0.25) is 0 Å². The van der Waals surface area contributed by atoms with Gasteiger partial charge in [0.1, 0.15) is 0 Å². The van der Waals surface area contributed by atoms with Gasteiger partial charge in [-0.25, -0.2) is 0 Å². The van der Waals surface area contributed by atoms with E-state index >= 15 is 0 Å². The lowest BCUT2D eigenvalue weighted by Crippen LogP contribution is -2.42. The minimum Gasteiger partial charge on any atom is -0.320 e. The van der Waals surface area contributed by atoms with Crippen molar-refractivity contribution >= 4 is 23.4 Å². The fourth-order valence-corrected chi connectivity index (χ4v) is 1.89. The molecule has 1 aromatic carbocycles. The first-order valence-electron chi connectivity index (χ1n) is 5.24. The SMILES string of the molecule is CSCC[C@@H](N)C(=O)N(C)c1ccccc1. The van der Waals surface area contributed by atoms with Gasteiger partial charge in [0.15, 0.2) is 0 Å². The molecule has 1 rings (SSSR count). The Hall–Kier alpha value is -1.00. The molecule has 0 bridgehead atoms. The molecule has 0 unspecified atom stereocenters. The van der Waals surface area contributed by atoms with Gasteiger partial charge in [-0.05, 0) is 30.6 Å². The van der Waals surface area contributed by atoms with Crippen LogP contribution in [0, 0.1) is 0 Å². The number of amides is 1. The molecule has 0 saturated heterocycles. The highest BCUT2D eigenvalue weighted by molar-refractivity contribution is 7.98. The van der Waals surface area contributed by atoms with Crippen LogP contribution in [0.3, 0.4) is 0 Å². The Morgan fingerprint density at radius 2 is 2.06 bits per heavy atom. The largest absolute Gasteiger partial charge is 0.320 e. The predicted molar refractivity (Wildman–Crippen MR) is 70.8 cm³/mol. The molecule has 1 aromatic rings. The van der Waals surface area contributed by atoms with Crippen LogP contribution in [-0.2, 0) is 4.79 Å². The van der Waals surface area contributed by atoms with Crippen LogP contribution in [0.5, 0.6) is 0 Å². The highest BCUT2D eigenvalue weighted by Gasteiger charge is 2.18. The molecule has 0 radical (unpaired) electrons. The third kappa shape index (κ3) is 3.54. The number of nitrogens with zero attached hydrogens (tertiary/aromatic N) is 1. The van der Waals surface area contributed by atoms with E-state index in [9.17, 15) is 4.79 Å². The molecule has 0 fully saturated rings. The second-order valence-electron chi connectivity index (χ2n) is 3.62. The molecule has 1 amide bonds. The molecule has 0 heterocycles. The second-order valence-corrected chi connectivity index (χ2v) is 4.61. The minimum atomic E-state index is -0.405. The molecule has 0 aromatic heterocycles. The summed E-state index contributed by atoms with van der Waals surface area (Å²) >= 11 is 1.70. The maximum atomic E-state index is 11.9. The molecular weight excluding hydrogens is 220 g/mol. The van der Waals surface area contributed by atoms with E-state index in [1.165, 1.54) is 0 Å². The van der Waals surface area contributed by atoms with Crippen molar-refractivity contribution in [3.8, 4) is 0 Å². The van der Waals surface area contributed by atoms with Crippen LogP contribution in [0.15, 0.2) is 30.3 Å². The van der Waals surface area contributed by atoms with Crippen LogP contribution in [-0.4, -0.2) is 31.0 Å². The van der Waals surface area contributed by atoms with Crippen molar-refractivity contribution in [3.05, 3.63) is 30.3 Å². The first-order valence-corrected chi connectivity index (χ1v) is 6.63. The summed E-state index contributed by atoms with van der Waals surface area (Å²) in [5, 5.41) is 0. The fraction of sp³-hybridized carbons (Fsp3) is 0.417. The lowest BCUT2D eigenvalue weighted by molar-refractivity contribution is -0.119. The lowest BCUT2D eigenvalue weighted by atomic mass is 10.2. The van der Waals surface area contributed by atoms with Gasteiger partial charge < -0.3 is 10.6 Å². The fourth-order valence-electron chi connectivity index (χ4n) is 1.40. The van der Waals surface area contributed by atoms with Gasteiger partial charge in [0.2, 0.25) is 5.91 Å². The Kier molecular flexibility index (Phi) is 5.35. The van der Waals surface area contributed by atoms with Crippen molar-refractivity contribution in [2.24, 2.45) is 5.73 Å². The maximum absolute atomic E-state index is 11.9. The second kappa shape index (κ2) is 6.55. The number of rotatable bonds is 5. The lowest BCUT2D eigenvalue weighted by Gasteiger charge is -2.21. The van der Waals surface area contributed by atoms with Crippen LogP contribution >= 0.6 is 11.8 Å². The average molecular weight is 238 g/mol. The zero-order valence-electron chi connectivity index (χ0n) is 9.72. The summed E-state index contributed by atoms with van der Waals surface area (Å²) in [4.78, 5) is 13.6. The molecule has 0 saturated carbocycles. The van der Waals surface area contributed by atoms with E-state index in [1.807, 2.05) is 36.6 Å². The minimum absolute atomic E-state index is 0.0275. The van der Waals surface area contributed by atoms with Crippen molar-refractivity contribution in [3.63, 3.8) is 0 Å². The molecule has 0 aliphatic heterocycles. The summed E-state index contributed by atoms with van der Waals surface area (Å²) in [5.74, 6) is 0.885. The quantitative estimate of drug-likeness (QED) is 0.849. The maximum Gasteiger partial charge on any atom is 0.243 e. The standard InChI is InChI=1S/C12H18N2OS/c1-14(10-6-4-3-5-7-10)12(15)11(13)8-9-16-2/h3-7,11H,8-9,13H2,1-2H3/t11-/m1/s1. The number of carbonyl (C=O) groups excluding carboxylic acids is 1. The normalized spacial score (nSPS) is 12.2. The van der Waals surface area contributed by atoms with Gasteiger partial charge in [0.25, 0.3) is 0 Å². The Balaban J connectivity index is 2.60. The highest BCUT2D eigenvalue weighted by Crippen LogP contribution is 2.12. The molecule has 1 atom stereocenters. The summed E-state index contributed by atoms with van der Waals surface area (Å²) < 4.78 is 0. The summed E-state index contributed by atoms with van der Waals surface area (Å²) in [7, 11) is 1.76. The zero-order valence-corrected chi connectivity index (χ0v) is 10.5. The van der Waals surface area contributed by atoms with Crippen molar-refractivity contribution in [2.75, 3.05) is 24.0 Å². The summed E-state index contributed by atoms with van der Waals surface area (Å²) in [6, 6.07) is 9.14. The van der Waals surface area contributed by atoms with E-state index in [4.69, 9.17) is 5.73 Å². The molecule has 88 valence electrons. The van der Waals surface area contributed by atoms with Gasteiger partial charge in [-0.2, -0.15) is 11.8 Å². The number of anilines is 1. The predicted octanol–water partition coefficient (Wildman–Crippen LogP) is 1.73. The number of para-hydroxylation sites is 1. The Labute approximate surface area is 101 Å². The van der Waals surface area contributed by atoms with E-state index < -0.39 is 6.04 Å². The van der Waals surface area contributed by atoms with Crippen molar-refractivity contribution in [1.82, 2.24) is 0 Å². The molecule has 16 heavy (non-hydrogen) atoms. The number of benzene rings is 1. The van der Waals surface area contributed by atoms with Gasteiger partial charge in [-0.1, -0.05) is 18.2 Å². The molecule has 2 N–H and O–H groups in total. The monoisotopic (exact) mass is 238 g/mol. The van der Waals surface area contributed by atoms with Gasteiger partial charge in [-0.15, -0.1) is 0 Å². The number of nitrogens with two attached hydrogens (primary N) is 1. The summed E-state index contributed by atoms with van der Waals surface area (Å²) in [6.07, 6.45) is 2.73. The molecule has 0 aliphatic rings. The van der Waals surface area contributed by atoms with Crippen molar-refractivity contribution in [1.29, 1.82) is 0 Å². The van der Waals surface area contributed by atoms with E-state index in [0.717, 1.165) is 17.9 Å². The highest BCUT2D eigenvalue weighted by atomic mass is 32.2. The number of likely N-dealkylation sites (N-methyl/N-ethyl adjacent to an activating group) is 1. The summed E-state index contributed by atoms with van der Waals surface area (Å²) in [5.41, 5.74) is 6.72. The van der Waals surface area contributed by atoms with Crippen LogP contribution in [0.1, 0.15) is 6.42 Å². The molecule has 0 spiro atoms. The number of carbonyl (C=O) groups is 1. The van der Waals surface area contributed by atoms with Crippen molar-refractivity contribution in [2.45, 2.75) is 12.5 Å². The number of hydrogen-bond acceptors (Lipinski definition) is 3. The van der Waals surface area contributed by atoms with Gasteiger partial charge in [0.05, 0.1) is 6.04 Å². The Bertz CT molecular complexity index is 329. The number of hydrogen-bond donors (Lipinski definition) is 1. The first-order chi connectivity index (χ1) is 7.66. The smallest absolute Gasteiger partial charge is 0.243 e. The topological polar surface area (TPSA) is 46.3 Å². The molecular formula is C12H18N2OS. The molecule has 3 nitrogen and oxygen atoms in total. The van der Waals surface area contributed by atoms with E-state index in [1.54, 1.807) is 23.7 Å². The van der Waals surface area contributed by atoms with Crippen LogP contribution in [0.25, 0.3) is 0 Å². The zero-order chi connectivity index (χ0) is 12.0. The third-order valence-corrected chi connectivity index (χ3v) is 3.07. The van der Waals surface area contributed by atoms with Crippen molar-refractivity contribution < 1.29 is 4.79 Å². The van der Waals surface area contributed by atoms with E-state index in [-0.39, 0.29) is 5.91 Å². The van der Waals surface area contributed by atoms with E-state index in [0.29, 0.717) is 0 Å².